The van der Waals surface area contributed by atoms with Crippen LogP contribution in [-0.4, -0.2) is 57.1 Å². The minimum Gasteiger partial charge on any atom is -0.365 e. The molecule has 35 heavy (non-hydrogen) atoms. The van der Waals surface area contributed by atoms with E-state index < -0.39 is 0 Å². The smallest absolute Gasteiger partial charge is 0.198 e. The second-order valence-electron chi connectivity index (χ2n) is 9.47. The highest BCUT2D eigenvalue weighted by Gasteiger charge is 2.23. The summed E-state index contributed by atoms with van der Waals surface area (Å²) in [6, 6.07) is 11.1. The zero-order valence-corrected chi connectivity index (χ0v) is 20.7. The Kier molecular flexibility index (Phi) is 5.96. The maximum Gasteiger partial charge on any atom is 0.198 e. The normalized spacial score (nSPS) is 14.2. The van der Waals surface area contributed by atoms with E-state index in [9.17, 15) is 10.1 Å². The summed E-state index contributed by atoms with van der Waals surface area (Å²) < 4.78 is 1.53. The maximum atomic E-state index is 13.5. The van der Waals surface area contributed by atoms with Gasteiger partial charge in [0.2, 0.25) is 0 Å². The number of ketones is 1. The van der Waals surface area contributed by atoms with Gasteiger partial charge in [-0.3, -0.25) is 4.79 Å². The van der Waals surface area contributed by atoms with Gasteiger partial charge in [-0.15, -0.1) is 11.3 Å². The standard InChI is InChI=1S/C25H26N8OS/c1-25(2,3)30-23-19(14-28-21-12-18(13-26)31-33(21)23)22(34)17-6-4-16(5-7-17)20-15-35-24(29-20)32-10-8-27-9-11-32/h4-7,12,14-15,27,30H,8-11H2,1-3H3. The molecule has 0 saturated carbocycles. The Morgan fingerprint density at radius 1 is 1.20 bits per heavy atom. The summed E-state index contributed by atoms with van der Waals surface area (Å²) >= 11 is 1.64. The molecule has 10 heteroatoms. The molecule has 0 spiro atoms. The quantitative estimate of drug-likeness (QED) is 0.412. The van der Waals surface area contributed by atoms with Crippen molar-refractivity contribution in [3.63, 3.8) is 0 Å². The van der Waals surface area contributed by atoms with Crippen LogP contribution >= 0.6 is 11.3 Å². The summed E-state index contributed by atoms with van der Waals surface area (Å²) in [5.74, 6) is 0.338. The second kappa shape index (κ2) is 9.09. The van der Waals surface area contributed by atoms with Crippen molar-refractivity contribution in [1.29, 1.82) is 5.26 Å². The number of piperazine rings is 1. The zero-order chi connectivity index (χ0) is 24.6. The van der Waals surface area contributed by atoms with Gasteiger partial charge in [-0.2, -0.15) is 14.9 Å². The molecule has 4 heterocycles. The van der Waals surface area contributed by atoms with Gasteiger partial charge in [-0.1, -0.05) is 24.3 Å². The van der Waals surface area contributed by atoms with E-state index in [1.165, 1.54) is 4.52 Å². The largest absolute Gasteiger partial charge is 0.365 e. The lowest BCUT2D eigenvalue weighted by molar-refractivity contribution is 0.103. The van der Waals surface area contributed by atoms with Gasteiger partial charge >= 0.3 is 0 Å². The van der Waals surface area contributed by atoms with Gasteiger partial charge in [0.25, 0.3) is 0 Å². The first kappa shape index (κ1) is 23.0. The maximum absolute atomic E-state index is 13.5. The third-order valence-electron chi connectivity index (χ3n) is 5.66. The summed E-state index contributed by atoms with van der Waals surface area (Å²) in [6.45, 7) is 9.84. The second-order valence-corrected chi connectivity index (χ2v) is 10.3. The van der Waals surface area contributed by atoms with Crippen LogP contribution in [0.2, 0.25) is 0 Å². The van der Waals surface area contributed by atoms with E-state index in [2.05, 4.69) is 31.0 Å². The van der Waals surface area contributed by atoms with Crippen LogP contribution in [0.3, 0.4) is 0 Å². The number of benzene rings is 1. The van der Waals surface area contributed by atoms with Crippen LogP contribution in [0.5, 0.6) is 0 Å². The molecular formula is C25H26N8OS. The number of fused-ring (bicyclic) bond motifs is 1. The Balaban J connectivity index is 1.45. The SMILES string of the molecule is CC(C)(C)Nc1c(C(=O)c2ccc(-c3csc(N4CCNCC4)n3)cc2)cnc2cc(C#N)nn12. The first-order valence-electron chi connectivity index (χ1n) is 11.5. The lowest BCUT2D eigenvalue weighted by Crippen LogP contribution is -2.43. The number of nitriles is 1. The van der Waals surface area contributed by atoms with Crippen molar-refractivity contribution in [3.05, 3.63) is 58.7 Å². The number of nitrogens with zero attached hydrogens (tertiary/aromatic N) is 6. The lowest BCUT2D eigenvalue weighted by atomic mass is 10.0. The summed E-state index contributed by atoms with van der Waals surface area (Å²) in [6.07, 6.45) is 1.54. The molecule has 0 radical (unpaired) electrons. The minimum absolute atomic E-state index is 0.175. The first-order valence-corrected chi connectivity index (χ1v) is 12.3. The van der Waals surface area contributed by atoms with E-state index in [4.69, 9.17) is 4.98 Å². The molecule has 1 aliphatic heterocycles. The van der Waals surface area contributed by atoms with E-state index in [1.807, 2.05) is 51.1 Å². The third kappa shape index (κ3) is 4.73. The molecule has 0 amide bonds. The molecule has 0 bridgehead atoms. The Hall–Kier alpha value is -3.81. The van der Waals surface area contributed by atoms with Crippen molar-refractivity contribution in [2.24, 2.45) is 0 Å². The van der Waals surface area contributed by atoms with Crippen LogP contribution in [-0.2, 0) is 0 Å². The van der Waals surface area contributed by atoms with Crippen LogP contribution in [0, 0.1) is 11.3 Å². The molecule has 178 valence electrons. The molecule has 1 fully saturated rings. The van der Waals surface area contributed by atoms with E-state index >= 15 is 0 Å². The molecule has 9 nitrogen and oxygen atoms in total. The van der Waals surface area contributed by atoms with Gasteiger partial charge in [0.05, 0.1) is 11.3 Å². The summed E-state index contributed by atoms with van der Waals surface area (Å²) in [4.78, 5) is 25.0. The predicted octanol–water partition coefficient (Wildman–Crippen LogP) is 3.58. The topological polar surface area (TPSA) is 111 Å². The number of carbonyl (C=O) groups is 1. The molecule has 1 aliphatic rings. The average Bonchev–Trinajstić information content (AvgIpc) is 3.51. The van der Waals surface area contributed by atoms with Crippen LogP contribution in [0.4, 0.5) is 10.9 Å². The van der Waals surface area contributed by atoms with Crippen molar-refractivity contribution in [2.45, 2.75) is 26.3 Å². The fourth-order valence-corrected chi connectivity index (χ4v) is 4.86. The molecule has 1 aromatic carbocycles. The van der Waals surface area contributed by atoms with Gasteiger partial charge in [0.15, 0.2) is 22.3 Å². The lowest BCUT2D eigenvalue weighted by Gasteiger charge is -2.26. The summed E-state index contributed by atoms with van der Waals surface area (Å²) in [7, 11) is 0. The molecule has 4 aromatic rings. The van der Waals surface area contributed by atoms with Crippen molar-refractivity contribution in [2.75, 3.05) is 36.4 Å². The molecule has 0 unspecified atom stereocenters. The number of hydrogen-bond donors (Lipinski definition) is 2. The highest BCUT2D eigenvalue weighted by molar-refractivity contribution is 7.14. The molecule has 5 rings (SSSR count). The fourth-order valence-electron chi connectivity index (χ4n) is 3.98. The average molecular weight is 487 g/mol. The van der Waals surface area contributed by atoms with Gasteiger partial charge in [-0.05, 0) is 20.8 Å². The number of thiazole rings is 1. The Morgan fingerprint density at radius 2 is 1.94 bits per heavy atom. The van der Waals surface area contributed by atoms with Crippen LogP contribution in [0.1, 0.15) is 42.4 Å². The number of anilines is 2. The fraction of sp³-hybridized carbons (Fsp3) is 0.320. The highest BCUT2D eigenvalue weighted by atomic mass is 32.1. The van der Waals surface area contributed by atoms with Gasteiger partial charge in [0, 0.05) is 60.5 Å². The van der Waals surface area contributed by atoms with Crippen molar-refractivity contribution in [1.82, 2.24) is 24.9 Å². The van der Waals surface area contributed by atoms with E-state index in [0.29, 0.717) is 22.6 Å². The predicted molar refractivity (Wildman–Crippen MR) is 137 cm³/mol. The Labute approximate surface area is 207 Å². The van der Waals surface area contributed by atoms with Gasteiger partial charge in [0.1, 0.15) is 11.9 Å². The van der Waals surface area contributed by atoms with E-state index in [1.54, 1.807) is 23.6 Å². The zero-order valence-electron chi connectivity index (χ0n) is 19.9. The van der Waals surface area contributed by atoms with E-state index in [0.717, 1.165) is 42.6 Å². The van der Waals surface area contributed by atoms with Crippen molar-refractivity contribution >= 4 is 33.7 Å². The summed E-state index contributed by atoms with van der Waals surface area (Å²) in [5, 5.41) is 23.4. The summed E-state index contributed by atoms with van der Waals surface area (Å²) in [5.41, 5.74) is 3.21. The van der Waals surface area contributed by atoms with Crippen LogP contribution < -0.4 is 15.5 Å². The third-order valence-corrected chi connectivity index (χ3v) is 6.56. The van der Waals surface area contributed by atoms with Gasteiger partial charge < -0.3 is 15.5 Å². The molecule has 0 atom stereocenters. The van der Waals surface area contributed by atoms with E-state index in [-0.39, 0.29) is 17.0 Å². The Bertz CT molecular complexity index is 1420. The Morgan fingerprint density at radius 3 is 2.63 bits per heavy atom. The number of carbonyl (C=O) groups excluding carboxylic acids is 1. The molecule has 1 saturated heterocycles. The van der Waals surface area contributed by atoms with Crippen molar-refractivity contribution in [3.8, 4) is 17.3 Å². The molecule has 3 aromatic heterocycles. The van der Waals surface area contributed by atoms with Crippen LogP contribution in [0.15, 0.2) is 41.9 Å². The monoisotopic (exact) mass is 486 g/mol. The molecule has 2 N–H and O–H groups in total. The first-order chi connectivity index (χ1) is 16.8. The number of rotatable bonds is 5. The van der Waals surface area contributed by atoms with Gasteiger partial charge in [-0.25, -0.2) is 9.97 Å². The highest BCUT2D eigenvalue weighted by Crippen LogP contribution is 2.29. The molecule has 0 aliphatic carbocycles. The number of hydrogen-bond acceptors (Lipinski definition) is 9. The molecular weight excluding hydrogens is 460 g/mol. The number of nitrogens with one attached hydrogen (secondary N) is 2. The minimum atomic E-state index is -0.335. The van der Waals surface area contributed by atoms with Crippen LogP contribution in [0.25, 0.3) is 16.9 Å². The van der Waals surface area contributed by atoms with Crippen molar-refractivity contribution < 1.29 is 4.79 Å². The number of aromatic nitrogens is 4.